The summed E-state index contributed by atoms with van der Waals surface area (Å²) in [7, 11) is 0. The van der Waals surface area contributed by atoms with Crippen LogP contribution in [-0.2, 0) is 0 Å². The molecule has 48 heavy (non-hydrogen) atoms. The zero-order valence-corrected chi connectivity index (χ0v) is 30.6. The van der Waals surface area contributed by atoms with Crippen LogP contribution < -0.4 is 0 Å². The van der Waals surface area contributed by atoms with E-state index in [1.54, 1.807) is 6.08 Å². The lowest BCUT2D eigenvalue weighted by Crippen LogP contribution is -1.97. The zero-order valence-electron chi connectivity index (χ0n) is 30.6. The van der Waals surface area contributed by atoms with Crippen molar-refractivity contribution in [3.05, 3.63) is 48.6 Å². The first-order valence-corrected chi connectivity index (χ1v) is 19.6. The molecule has 266 valence electrons. The first-order chi connectivity index (χ1) is 23.7. The third-order valence-electron chi connectivity index (χ3n) is 8.34. The van der Waals surface area contributed by atoms with Gasteiger partial charge in [0.1, 0.15) is 6.10 Å². The number of aliphatic hydroxyl groups is 2. The summed E-state index contributed by atoms with van der Waals surface area (Å²) in [5, 5.41) is 19.2. The highest BCUT2D eigenvalue weighted by Gasteiger charge is 1.95. The van der Waals surface area contributed by atoms with E-state index >= 15 is 0 Å². The van der Waals surface area contributed by atoms with Crippen molar-refractivity contribution in [1.82, 2.24) is 0 Å². The average molecular weight is 655 g/mol. The van der Waals surface area contributed by atoms with Crippen molar-refractivity contribution in [2.75, 3.05) is 0 Å². The Hall–Kier alpha value is -2.88. The van der Waals surface area contributed by atoms with Gasteiger partial charge in [-0.25, -0.2) is 0 Å². The Morgan fingerprint density at radius 1 is 0.417 bits per heavy atom. The maximum Gasteiger partial charge on any atom is 0.176 e. The van der Waals surface area contributed by atoms with Gasteiger partial charge in [-0.2, -0.15) is 0 Å². The summed E-state index contributed by atoms with van der Waals surface area (Å²) < 4.78 is 0. The van der Waals surface area contributed by atoms with E-state index in [1.807, 2.05) is 12.2 Å². The molecular formula is C46H70O2. The van der Waals surface area contributed by atoms with E-state index in [1.165, 1.54) is 103 Å². The van der Waals surface area contributed by atoms with E-state index < -0.39 is 12.2 Å². The molecule has 0 amide bonds. The molecule has 0 aromatic carbocycles. The van der Waals surface area contributed by atoms with Gasteiger partial charge in [-0.3, -0.25) is 0 Å². The molecule has 2 atom stereocenters. The fourth-order valence-corrected chi connectivity index (χ4v) is 5.40. The van der Waals surface area contributed by atoms with E-state index in [9.17, 15) is 10.2 Å². The molecule has 2 nitrogen and oxygen atoms in total. The number of allylic oxidation sites excluding steroid dienone is 7. The van der Waals surface area contributed by atoms with Crippen LogP contribution in [0.2, 0.25) is 0 Å². The quantitative estimate of drug-likeness (QED) is 0.0444. The van der Waals surface area contributed by atoms with E-state index in [0.717, 1.165) is 77.0 Å². The Labute approximate surface area is 298 Å². The molecule has 0 radical (unpaired) electrons. The summed E-state index contributed by atoms with van der Waals surface area (Å²) in [6.07, 6.45) is 59.7. The summed E-state index contributed by atoms with van der Waals surface area (Å²) >= 11 is 0. The summed E-state index contributed by atoms with van der Waals surface area (Å²) in [5.74, 6) is 16.8. The van der Waals surface area contributed by atoms with Gasteiger partial charge >= 0.3 is 0 Å². The number of rotatable bonds is 31. The molecule has 0 saturated heterocycles. The third kappa shape index (κ3) is 39.3. The molecule has 0 aromatic rings. The second kappa shape index (κ2) is 40.3. The van der Waals surface area contributed by atoms with Crippen LogP contribution in [-0.4, -0.2) is 22.4 Å². The second-order valence-corrected chi connectivity index (χ2v) is 12.9. The molecule has 0 spiro atoms. The first kappa shape index (κ1) is 45.1. The standard InChI is InChI=1S/C46H70O2/c1-3-5-6-7-8-9-10-11-12-13-14-15-16-17-18-19-20-21-25-28-31-34-37-40-43-46(48)44-41-38-35-32-29-26-23-22-24-27-30-33-36-39-42-45(47)4-2/h1-2,5-6,21,23,25-26,39,42,45-48H,7-20,22,24,27-38H2. The molecule has 2 unspecified atom stereocenters. The lowest BCUT2D eigenvalue weighted by molar-refractivity contribution is 0.280. The van der Waals surface area contributed by atoms with Crippen LogP contribution in [0, 0.1) is 48.4 Å². The molecule has 0 aromatic heterocycles. The van der Waals surface area contributed by atoms with E-state index in [0.29, 0.717) is 0 Å². The maximum atomic E-state index is 9.97. The second-order valence-electron chi connectivity index (χ2n) is 12.9. The van der Waals surface area contributed by atoms with Crippen molar-refractivity contribution in [3.63, 3.8) is 0 Å². The minimum Gasteiger partial charge on any atom is -0.377 e. The van der Waals surface area contributed by atoms with E-state index in [2.05, 4.69) is 65.9 Å². The summed E-state index contributed by atoms with van der Waals surface area (Å²) in [6.45, 7) is 0. The van der Waals surface area contributed by atoms with Gasteiger partial charge in [0.25, 0.3) is 0 Å². The molecule has 0 saturated carbocycles. The summed E-state index contributed by atoms with van der Waals surface area (Å²) in [6, 6.07) is 0. The van der Waals surface area contributed by atoms with Crippen molar-refractivity contribution < 1.29 is 10.2 Å². The number of unbranched alkanes of at least 4 members (excludes halogenated alkanes) is 24. The highest BCUT2D eigenvalue weighted by Crippen LogP contribution is 2.13. The van der Waals surface area contributed by atoms with Crippen LogP contribution in [0.4, 0.5) is 0 Å². The van der Waals surface area contributed by atoms with Gasteiger partial charge in [0.2, 0.25) is 0 Å². The number of hydrogen-bond acceptors (Lipinski definition) is 2. The summed E-state index contributed by atoms with van der Waals surface area (Å²) in [5.41, 5.74) is 0. The van der Waals surface area contributed by atoms with Gasteiger partial charge in [-0.15, -0.1) is 12.8 Å². The lowest BCUT2D eigenvalue weighted by Gasteiger charge is -2.02. The van der Waals surface area contributed by atoms with Crippen LogP contribution in [0.1, 0.15) is 180 Å². The SMILES string of the molecule is C#CC=CCCCCCCCCCCCCCCC=CCCCCC#CC(O)C#CCCCCC=CCCCCCCC=CC(O)C#C. The van der Waals surface area contributed by atoms with Crippen LogP contribution in [0.15, 0.2) is 48.6 Å². The van der Waals surface area contributed by atoms with Crippen LogP contribution in [0.3, 0.4) is 0 Å². The number of terminal acetylenes is 2. The van der Waals surface area contributed by atoms with Gasteiger partial charge in [0, 0.05) is 12.8 Å². The molecular weight excluding hydrogens is 585 g/mol. The Morgan fingerprint density at radius 2 is 0.750 bits per heavy atom. The third-order valence-corrected chi connectivity index (χ3v) is 8.34. The fourth-order valence-electron chi connectivity index (χ4n) is 5.40. The van der Waals surface area contributed by atoms with Crippen LogP contribution in [0.25, 0.3) is 0 Å². The van der Waals surface area contributed by atoms with Gasteiger partial charge in [-0.05, 0) is 102 Å². The van der Waals surface area contributed by atoms with Crippen LogP contribution >= 0.6 is 0 Å². The van der Waals surface area contributed by atoms with Crippen molar-refractivity contribution in [2.45, 2.75) is 192 Å². The highest BCUT2D eigenvalue weighted by molar-refractivity contribution is 5.19. The minimum absolute atomic E-state index is 0.744. The van der Waals surface area contributed by atoms with Gasteiger partial charge < -0.3 is 10.2 Å². The predicted molar refractivity (Wildman–Crippen MR) is 211 cm³/mol. The Balaban J connectivity index is 3.44. The highest BCUT2D eigenvalue weighted by atomic mass is 16.3. The zero-order chi connectivity index (χ0) is 34.9. The predicted octanol–water partition coefficient (Wildman–Crippen LogP) is 12.1. The Morgan fingerprint density at radius 3 is 1.12 bits per heavy atom. The normalized spacial score (nSPS) is 12.6. The van der Waals surface area contributed by atoms with Gasteiger partial charge in [0.05, 0.1) is 0 Å². The van der Waals surface area contributed by atoms with Crippen molar-refractivity contribution >= 4 is 0 Å². The molecule has 0 aliphatic rings. The largest absolute Gasteiger partial charge is 0.377 e. The molecule has 0 bridgehead atoms. The van der Waals surface area contributed by atoms with Crippen molar-refractivity contribution in [3.8, 4) is 48.4 Å². The molecule has 0 aliphatic heterocycles. The average Bonchev–Trinajstić information content (AvgIpc) is 3.09. The Kier molecular flexibility index (Phi) is 37.9. The molecule has 0 aliphatic carbocycles. The van der Waals surface area contributed by atoms with Crippen LogP contribution in [0.5, 0.6) is 0 Å². The fraction of sp³-hybridized carbons (Fsp3) is 0.652. The molecule has 2 heteroatoms. The van der Waals surface area contributed by atoms with Gasteiger partial charge in [-0.1, -0.05) is 149 Å². The molecule has 0 heterocycles. The first-order valence-electron chi connectivity index (χ1n) is 19.6. The summed E-state index contributed by atoms with van der Waals surface area (Å²) in [4.78, 5) is 0. The molecule has 0 rings (SSSR count). The lowest BCUT2D eigenvalue weighted by atomic mass is 10.0. The van der Waals surface area contributed by atoms with E-state index in [4.69, 9.17) is 12.8 Å². The monoisotopic (exact) mass is 655 g/mol. The molecule has 0 fully saturated rings. The maximum absolute atomic E-state index is 9.97. The number of aliphatic hydroxyl groups excluding tert-OH is 2. The van der Waals surface area contributed by atoms with Crippen molar-refractivity contribution in [2.24, 2.45) is 0 Å². The molecule has 2 N–H and O–H groups in total. The van der Waals surface area contributed by atoms with Gasteiger partial charge in [0.15, 0.2) is 6.10 Å². The smallest absolute Gasteiger partial charge is 0.176 e. The minimum atomic E-state index is -0.816. The van der Waals surface area contributed by atoms with Crippen molar-refractivity contribution in [1.29, 1.82) is 0 Å². The number of hydrogen-bond donors (Lipinski definition) is 2. The topological polar surface area (TPSA) is 40.5 Å². The Bertz CT molecular complexity index is 1020. The van der Waals surface area contributed by atoms with E-state index in [-0.39, 0.29) is 0 Å².